The Morgan fingerprint density at radius 2 is 2.12 bits per heavy atom. The van der Waals surface area contributed by atoms with Crippen LogP contribution in [0.4, 0.5) is 0 Å². The highest BCUT2D eigenvalue weighted by Crippen LogP contribution is 2.24. The van der Waals surface area contributed by atoms with Gasteiger partial charge >= 0.3 is 5.97 Å². The Morgan fingerprint density at radius 1 is 1.38 bits per heavy atom. The summed E-state index contributed by atoms with van der Waals surface area (Å²) in [5, 5.41) is 0. The van der Waals surface area contributed by atoms with Crippen LogP contribution in [0.2, 0.25) is 0 Å². The van der Waals surface area contributed by atoms with E-state index in [-0.39, 0.29) is 12.1 Å². The predicted octanol–water partition coefficient (Wildman–Crippen LogP) is 2.72. The minimum atomic E-state index is -0.130. The number of hydrogen-bond acceptors (Lipinski definition) is 3. The minimum Gasteiger partial charge on any atom is -0.459 e. The quantitative estimate of drug-likeness (QED) is 0.395. The lowest BCUT2D eigenvalue weighted by Gasteiger charge is -2.07. The van der Waals surface area contributed by atoms with E-state index in [0.29, 0.717) is 0 Å². The Balaban J connectivity index is 2.30. The molecule has 0 bridgehead atoms. The van der Waals surface area contributed by atoms with Gasteiger partial charge in [-0.2, -0.15) is 0 Å². The second-order valence-electron chi connectivity index (χ2n) is 4.70. The molecule has 0 radical (unpaired) electrons. The van der Waals surface area contributed by atoms with Crippen molar-refractivity contribution in [3.05, 3.63) is 11.8 Å². The number of nitrogens with zero attached hydrogens (tertiary/aromatic N) is 1. The minimum absolute atomic E-state index is 0.121. The van der Waals surface area contributed by atoms with E-state index in [9.17, 15) is 4.79 Å². The fraction of sp³-hybridized carbons (Fsp3) is 0.769. The zero-order valence-electron chi connectivity index (χ0n) is 10.7. The van der Waals surface area contributed by atoms with E-state index >= 15 is 0 Å². The SMILES string of the molecule is CCCCCC[C@@H]1C/C(=C\N(C)C)C(=O)O1. The van der Waals surface area contributed by atoms with Gasteiger partial charge in [-0.3, -0.25) is 0 Å². The van der Waals surface area contributed by atoms with Crippen molar-refractivity contribution in [1.82, 2.24) is 4.90 Å². The summed E-state index contributed by atoms with van der Waals surface area (Å²) in [6.07, 6.45) is 8.72. The van der Waals surface area contributed by atoms with Gasteiger partial charge in [0.25, 0.3) is 0 Å². The molecule has 1 saturated heterocycles. The van der Waals surface area contributed by atoms with Crippen LogP contribution in [0.3, 0.4) is 0 Å². The summed E-state index contributed by atoms with van der Waals surface area (Å²) >= 11 is 0. The van der Waals surface area contributed by atoms with Crippen LogP contribution < -0.4 is 0 Å². The van der Waals surface area contributed by atoms with Crippen LogP contribution in [0.15, 0.2) is 11.8 Å². The first-order valence-corrected chi connectivity index (χ1v) is 6.21. The van der Waals surface area contributed by atoms with Gasteiger partial charge in [-0.1, -0.05) is 26.2 Å². The van der Waals surface area contributed by atoms with Crippen LogP contribution in [0.25, 0.3) is 0 Å². The van der Waals surface area contributed by atoms with Gasteiger partial charge in [-0.25, -0.2) is 4.79 Å². The van der Waals surface area contributed by atoms with E-state index in [1.165, 1.54) is 25.7 Å². The summed E-state index contributed by atoms with van der Waals surface area (Å²) < 4.78 is 5.32. The van der Waals surface area contributed by atoms with E-state index < -0.39 is 0 Å². The number of esters is 1. The zero-order chi connectivity index (χ0) is 12.0. The standard InChI is InChI=1S/C13H23NO2/c1-4-5-6-7-8-12-9-11(10-14(2)3)13(15)16-12/h10,12H,4-9H2,1-3H3/b11-10+/t12-/m1/s1. The number of cyclic esters (lactones) is 1. The molecule has 1 aliphatic heterocycles. The average Bonchev–Trinajstić information content (AvgIpc) is 2.54. The van der Waals surface area contributed by atoms with Crippen molar-refractivity contribution in [1.29, 1.82) is 0 Å². The van der Waals surface area contributed by atoms with Crippen LogP contribution in [-0.4, -0.2) is 31.1 Å². The molecule has 3 heteroatoms. The third kappa shape index (κ3) is 4.25. The number of carbonyl (C=O) groups is 1. The van der Waals surface area contributed by atoms with Crippen molar-refractivity contribution in [2.75, 3.05) is 14.1 Å². The fourth-order valence-corrected chi connectivity index (χ4v) is 1.97. The first kappa shape index (κ1) is 13.1. The molecule has 0 aliphatic carbocycles. The maximum atomic E-state index is 11.5. The molecule has 92 valence electrons. The van der Waals surface area contributed by atoms with Crippen molar-refractivity contribution in [3.63, 3.8) is 0 Å². The molecule has 0 aromatic rings. The van der Waals surface area contributed by atoms with Gasteiger partial charge in [0.2, 0.25) is 0 Å². The molecule has 1 heterocycles. The zero-order valence-corrected chi connectivity index (χ0v) is 10.7. The van der Waals surface area contributed by atoms with E-state index in [4.69, 9.17) is 4.74 Å². The molecule has 0 unspecified atom stereocenters. The molecular weight excluding hydrogens is 202 g/mol. The summed E-state index contributed by atoms with van der Waals surface area (Å²) in [4.78, 5) is 13.4. The molecule has 16 heavy (non-hydrogen) atoms. The number of unbranched alkanes of at least 4 members (excludes halogenated alkanes) is 3. The molecule has 0 amide bonds. The largest absolute Gasteiger partial charge is 0.459 e. The van der Waals surface area contributed by atoms with Gasteiger partial charge in [-0.05, 0) is 12.8 Å². The van der Waals surface area contributed by atoms with E-state index in [0.717, 1.165) is 18.4 Å². The number of rotatable bonds is 6. The molecule has 1 atom stereocenters. The third-order valence-electron chi connectivity index (χ3n) is 2.78. The summed E-state index contributed by atoms with van der Waals surface area (Å²) in [5.41, 5.74) is 0.811. The monoisotopic (exact) mass is 225 g/mol. The molecule has 1 aliphatic rings. The van der Waals surface area contributed by atoms with Crippen molar-refractivity contribution in [2.24, 2.45) is 0 Å². The Morgan fingerprint density at radius 3 is 2.75 bits per heavy atom. The first-order valence-electron chi connectivity index (χ1n) is 6.21. The van der Waals surface area contributed by atoms with Crippen LogP contribution in [0.5, 0.6) is 0 Å². The molecule has 0 aromatic carbocycles. The highest BCUT2D eigenvalue weighted by molar-refractivity contribution is 5.90. The molecule has 3 nitrogen and oxygen atoms in total. The topological polar surface area (TPSA) is 29.5 Å². The molecular formula is C13H23NO2. The molecule has 1 rings (SSSR count). The lowest BCUT2D eigenvalue weighted by molar-refractivity contribution is -0.139. The first-order chi connectivity index (χ1) is 7.63. The molecule has 0 aromatic heterocycles. The smallest absolute Gasteiger partial charge is 0.335 e. The molecule has 0 saturated carbocycles. The van der Waals surface area contributed by atoms with Crippen molar-refractivity contribution >= 4 is 5.97 Å². The van der Waals surface area contributed by atoms with Crippen LogP contribution in [0.1, 0.15) is 45.4 Å². The van der Waals surface area contributed by atoms with Crippen LogP contribution >= 0.6 is 0 Å². The summed E-state index contributed by atoms with van der Waals surface area (Å²) in [6.45, 7) is 2.20. The van der Waals surface area contributed by atoms with E-state index in [2.05, 4.69) is 6.92 Å². The number of carbonyl (C=O) groups excluding carboxylic acids is 1. The third-order valence-corrected chi connectivity index (χ3v) is 2.78. The lowest BCUT2D eigenvalue weighted by Crippen LogP contribution is -2.06. The van der Waals surface area contributed by atoms with E-state index in [1.807, 2.05) is 25.2 Å². The maximum Gasteiger partial charge on any atom is 0.335 e. The Kier molecular flexibility index (Phi) is 5.36. The molecule has 1 fully saturated rings. The van der Waals surface area contributed by atoms with Gasteiger partial charge in [0.15, 0.2) is 0 Å². The second kappa shape index (κ2) is 6.56. The van der Waals surface area contributed by atoms with Crippen LogP contribution in [0, 0.1) is 0 Å². The Hall–Kier alpha value is -0.990. The number of hydrogen-bond donors (Lipinski definition) is 0. The molecule has 0 N–H and O–H groups in total. The van der Waals surface area contributed by atoms with Gasteiger partial charge in [0.1, 0.15) is 6.10 Å². The van der Waals surface area contributed by atoms with Crippen molar-refractivity contribution in [3.8, 4) is 0 Å². The fourth-order valence-electron chi connectivity index (χ4n) is 1.97. The van der Waals surface area contributed by atoms with Crippen molar-refractivity contribution in [2.45, 2.75) is 51.6 Å². The van der Waals surface area contributed by atoms with Gasteiger partial charge in [0, 0.05) is 26.7 Å². The van der Waals surface area contributed by atoms with Gasteiger partial charge < -0.3 is 9.64 Å². The normalized spacial score (nSPS) is 22.6. The van der Waals surface area contributed by atoms with E-state index in [1.54, 1.807) is 0 Å². The van der Waals surface area contributed by atoms with Gasteiger partial charge in [0.05, 0.1) is 5.57 Å². The van der Waals surface area contributed by atoms with Gasteiger partial charge in [-0.15, -0.1) is 0 Å². The van der Waals surface area contributed by atoms with Crippen LogP contribution in [-0.2, 0) is 9.53 Å². The number of ether oxygens (including phenoxy) is 1. The highest BCUT2D eigenvalue weighted by atomic mass is 16.5. The Labute approximate surface area is 98.5 Å². The summed E-state index contributed by atoms with van der Waals surface area (Å²) in [7, 11) is 3.85. The predicted molar refractivity (Wildman–Crippen MR) is 65.0 cm³/mol. The highest BCUT2D eigenvalue weighted by Gasteiger charge is 2.28. The van der Waals surface area contributed by atoms with Crippen molar-refractivity contribution < 1.29 is 9.53 Å². The lowest BCUT2D eigenvalue weighted by atomic mass is 10.1. The average molecular weight is 225 g/mol. The summed E-state index contributed by atoms with van der Waals surface area (Å²) in [6, 6.07) is 0. The molecule has 0 spiro atoms. The maximum absolute atomic E-state index is 11.5. The second-order valence-corrected chi connectivity index (χ2v) is 4.70. The summed E-state index contributed by atoms with van der Waals surface area (Å²) in [5.74, 6) is -0.130. The Bertz CT molecular complexity index is 259.